The summed E-state index contributed by atoms with van der Waals surface area (Å²) in [6.07, 6.45) is 4.56. The van der Waals surface area contributed by atoms with Crippen molar-refractivity contribution in [3.05, 3.63) is 126 Å². The number of benzene rings is 3. The summed E-state index contributed by atoms with van der Waals surface area (Å²) in [6.45, 7) is 26.8. The number of fused-ring (bicyclic) bond motifs is 3. The molecule has 1 amide bonds. The van der Waals surface area contributed by atoms with Gasteiger partial charge in [-0.3, -0.25) is 14.4 Å². The van der Waals surface area contributed by atoms with Gasteiger partial charge in [0.2, 0.25) is 0 Å². The molecule has 0 atom stereocenters. The average Bonchev–Trinajstić information content (AvgIpc) is 3.05. The maximum Gasteiger partial charge on any atom is 0.258 e. The van der Waals surface area contributed by atoms with Crippen LogP contribution in [0.4, 0.5) is 0 Å². The number of hydrogen-bond donors (Lipinski definition) is 1. The summed E-state index contributed by atoms with van der Waals surface area (Å²) in [5, 5.41) is 2.68. The molecule has 6 nitrogen and oxygen atoms in total. The number of pyridine rings is 2. The fourth-order valence-corrected chi connectivity index (χ4v) is 5.83. The lowest BCUT2D eigenvalue weighted by molar-refractivity contribution is 0.0780. The monoisotopic (exact) mass is 653 g/mol. The molecule has 1 aliphatic heterocycles. The highest BCUT2D eigenvalue weighted by molar-refractivity contribution is 5.98. The van der Waals surface area contributed by atoms with E-state index in [1.54, 1.807) is 22.7 Å². The van der Waals surface area contributed by atoms with E-state index in [4.69, 9.17) is 0 Å². The highest BCUT2D eigenvalue weighted by Crippen LogP contribution is 2.23. The van der Waals surface area contributed by atoms with Crippen LogP contribution in [-0.4, -0.2) is 34.0 Å². The van der Waals surface area contributed by atoms with Crippen molar-refractivity contribution in [3.63, 3.8) is 0 Å². The van der Waals surface area contributed by atoms with Crippen LogP contribution in [0.3, 0.4) is 0 Å². The third kappa shape index (κ3) is 10.0. The lowest BCUT2D eigenvalue weighted by Gasteiger charge is -2.26. The summed E-state index contributed by atoms with van der Waals surface area (Å²) >= 11 is 0. The van der Waals surface area contributed by atoms with Crippen LogP contribution in [0.15, 0.2) is 64.4 Å². The Hall–Kier alpha value is -4.45. The number of hydrogen-bond acceptors (Lipinski definition) is 3. The van der Waals surface area contributed by atoms with Gasteiger partial charge in [0.25, 0.3) is 11.5 Å². The van der Waals surface area contributed by atoms with Gasteiger partial charge >= 0.3 is 0 Å². The van der Waals surface area contributed by atoms with E-state index in [-0.39, 0.29) is 16.9 Å². The Kier molecular flexibility index (Phi) is 16.8. The van der Waals surface area contributed by atoms with Crippen molar-refractivity contribution in [2.45, 2.75) is 96.4 Å². The molecule has 0 saturated carbocycles. The van der Waals surface area contributed by atoms with E-state index < -0.39 is 0 Å². The van der Waals surface area contributed by atoms with Gasteiger partial charge in [-0.15, -0.1) is 0 Å². The van der Waals surface area contributed by atoms with E-state index in [0.717, 1.165) is 62.5 Å². The van der Waals surface area contributed by atoms with Gasteiger partial charge in [-0.2, -0.15) is 0 Å². The van der Waals surface area contributed by atoms with Crippen LogP contribution in [0, 0.1) is 48.5 Å². The summed E-state index contributed by atoms with van der Waals surface area (Å²) in [5.41, 5.74) is 10.9. The minimum Gasteiger partial charge on any atom is -0.361 e. The molecule has 0 spiro atoms. The minimum atomic E-state index is 0.0833. The summed E-state index contributed by atoms with van der Waals surface area (Å²) in [7, 11) is 3.64. The van der Waals surface area contributed by atoms with E-state index in [0.29, 0.717) is 0 Å². The van der Waals surface area contributed by atoms with E-state index in [9.17, 15) is 14.4 Å². The van der Waals surface area contributed by atoms with Gasteiger partial charge in [-0.05, 0) is 100 Å². The number of likely N-dealkylation sites (N-methyl/N-ethyl adjacent to an activating group) is 1. The summed E-state index contributed by atoms with van der Waals surface area (Å²) < 4.78 is 1.62. The molecule has 0 aliphatic carbocycles. The molecule has 3 aromatic carbocycles. The molecule has 2 aromatic heterocycles. The largest absolute Gasteiger partial charge is 0.361 e. The topological polar surface area (TPSA) is 75.2 Å². The Morgan fingerprint density at radius 2 is 1.15 bits per heavy atom. The molecule has 5 aromatic rings. The van der Waals surface area contributed by atoms with Crippen LogP contribution in [-0.2, 0) is 13.5 Å². The molecular weight excluding hydrogens is 594 g/mol. The number of carbonyl (C=O) groups is 1. The van der Waals surface area contributed by atoms with Gasteiger partial charge in [0.1, 0.15) is 0 Å². The van der Waals surface area contributed by atoms with Crippen LogP contribution in [0.2, 0.25) is 0 Å². The number of carbonyl (C=O) groups excluding carboxylic acids is 1. The number of H-pyrrole nitrogens is 1. The van der Waals surface area contributed by atoms with Gasteiger partial charge in [0, 0.05) is 55.1 Å². The zero-order valence-electron chi connectivity index (χ0n) is 32.2. The first kappa shape index (κ1) is 41.6. The molecule has 0 saturated heterocycles. The quantitative estimate of drug-likeness (QED) is 0.181. The zero-order valence-corrected chi connectivity index (χ0v) is 32.2. The van der Waals surface area contributed by atoms with Crippen LogP contribution < -0.4 is 11.0 Å². The molecule has 0 radical (unpaired) electrons. The molecule has 48 heavy (non-hydrogen) atoms. The molecule has 1 N–H and O–H groups in total. The Morgan fingerprint density at radius 1 is 0.625 bits per heavy atom. The smallest absolute Gasteiger partial charge is 0.258 e. The van der Waals surface area contributed by atoms with Crippen molar-refractivity contribution in [1.82, 2.24) is 14.5 Å². The normalized spacial score (nSPS) is 11.2. The number of rotatable bonds is 0. The van der Waals surface area contributed by atoms with Gasteiger partial charge in [0.15, 0.2) is 5.43 Å². The van der Waals surface area contributed by atoms with E-state index in [1.807, 2.05) is 127 Å². The number of amides is 1. The number of aromatic nitrogens is 2. The van der Waals surface area contributed by atoms with Gasteiger partial charge in [-0.1, -0.05) is 83.0 Å². The molecule has 6 rings (SSSR count). The molecule has 1 aliphatic rings. The first-order valence-electron chi connectivity index (χ1n) is 17.3. The van der Waals surface area contributed by atoms with Crippen molar-refractivity contribution in [3.8, 4) is 0 Å². The number of aryl methyl sites for hydroxylation is 8. The summed E-state index contributed by atoms with van der Waals surface area (Å²) in [5.74, 6) is 0.170. The highest BCUT2D eigenvalue weighted by Gasteiger charge is 2.23. The number of nitrogens with one attached hydrogen (secondary N) is 1. The summed E-state index contributed by atoms with van der Waals surface area (Å²) in [4.78, 5) is 40.5. The lowest BCUT2D eigenvalue weighted by Crippen LogP contribution is -2.34. The van der Waals surface area contributed by atoms with Crippen molar-refractivity contribution >= 4 is 27.6 Å². The molecule has 3 heterocycles. The van der Waals surface area contributed by atoms with Crippen LogP contribution >= 0.6 is 0 Å². The minimum absolute atomic E-state index is 0.0833. The molecule has 0 bridgehead atoms. The second-order valence-electron chi connectivity index (χ2n) is 11.7. The molecule has 260 valence electrons. The van der Waals surface area contributed by atoms with Crippen molar-refractivity contribution in [2.24, 2.45) is 7.05 Å². The van der Waals surface area contributed by atoms with Gasteiger partial charge in [0.05, 0.1) is 5.39 Å². The Balaban J connectivity index is 0.000000333. The van der Waals surface area contributed by atoms with Crippen molar-refractivity contribution < 1.29 is 4.79 Å². The first-order chi connectivity index (χ1) is 22.8. The number of aromatic amines is 1. The maximum atomic E-state index is 11.9. The fraction of sp³-hybridized carbons (Fsp3) is 0.405. The van der Waals surface area contributed by atoms with E-state index >= 15 is 0 Å². The van der Waals surface area contributed by atoms with Gasteiger partial charge in [-0.25, -0.2) is 0 Å². The molecule has 6 heteroatoms. The Bertz CT molecular complexity index is 1840. The predicted octanol–water partition coefficient (Wildman–Crippen LogP) is 9.62. The zero-order chi connectivity index (χ0) is 36.9. The van der Waals surface area contributed by atoms with Crippen LogP contribution in [0.1, 0.15) is 96.4 Å². The SMILES string of the molecule is CC.CC.CC.Cc1cc(C)c2c(=O)c(C)c[nH]c2c1.Cc1cc(C)c2c(=O)n(C)ccc2c1.Cc1cc(C)c2c(c1)CCN(C)C2=O. The van der Waals surface area contributed by atoms with Crippen molar-refractivity contribution in [1.29, 1.82) is 0 Å². The van der Waals surface area contributed by atoms with Crippen molar-refractivity contribution in [2.75, 3.05) is 13.6 Å². The maximum absolute atomic E-state index is 11.9. The van der Waals surface area contributed by atoms with E-state index in [1.165, 1.54) is 22.3 Å². The second kappa shape index (κ2) is 19.4. The van der Waals surface area contributed by atoms with E-state index in [2.05, 4.69) is 24.0 Å². The molecule has 0 unspecified atom stereocenters. The average molecular weight is 654 g/mol. The predicted molar refractivity (Wildman–Crippen MR) is 208 cm³/mol. The molecule has 0 fully saturated rings. The third-order valence-electron chi connectivity index (χ3n) is 7.87. The summed E-state index contributed by atoms with van der Waals surface area (Å²) in [6, 6.07) is 14.3. The molecular formula is C42H59N3O3. The highest BCUT2D eigenvalue weighted by atomic mass is 16.2. The standard InChI is InChI=1S/C12H13NO.C12H15NO.C12H13NO.3C2H6/c1-7-4-8(2)11-10(5-7)13-6-9(3)12(11)14;2*1-8-6-9(2)11-10(7-8)4-5-13(3)12(11)14;3*1-2/h4-6H,1-3H3,(H,13,14);6-7H,4-5H2,1-3H3;4-7H,1-3H3;3*1-2H3. The third-order valence-corrected chi connectivity index (χ3v) is 7.87. The first-order valence-corrected chi connectivity index (χ1v) is 17.3. The Morgan fingerprint density at radius 3 is 1.75 bits per heavy atom. The fourth-order valence-electron chi connectivity index (χ4n) is 5.83. The Labute approximate surface area is 288 Å². The van der Waals surface area contributed by atoms with Crippen LogP contribution in [0.25, 0.3) is 21.7 Å². The number of nitrogens with zero attached hydrogens (tertiary/aromatic N) is 2. The van der Waals surface area contributed by atoms with Crippen LogP contribution in [0.5, 0.6) is 0 Å². The second-order valence-corrected chi connectivity index (χ2v) is 11.7. The lowest BCUT2D eigenvalue weighted by atomic mass is 9.93. The van der Waals surface area contributed by atoms with Gasteiger partial charge < -0.3 is 14.5 Å².